The number of benzene rings is 2. The van der Waals surface area contributed by atoms with Crippen LogP contribution in [-0.2, 0) is 6.54 Å². The SMILES string of the molecule is COc1ccc(C=NNc2nc(-c3ccccc3)cs2)cc1CN(C(C)C)C(C)C. The summed E-state index contributed by atoms with van der Waals surface area (Å²) in [6, 6.07) is 17.2. The lowest BCUT2D eigenvalue weighted by Crippen LogP contribution is -2.36. The van der Waals surface area contributed by atoms with Gasteiger partial charge in [-0.3, -0.25) is 10.3 Å². The maximum Gasteiger partial charge on any atom is 0.203 e. The van der Waals surface area contributed by atoms with E-state index in [0.29, 0.717) is 12.1 Å². The van der Waals surface area contributed by atoms with Crippen LogP contribution in [0.4, 0.5) is 5.13 Å². The van der Waals surface area contributed by atoms with E-state index >= 15 is 0 Å². The van der Waals surface area contributed by atoms with Crippen LogP contribution < -0.4 is 10.2 Å². The van der Waals surface area contributed by atoms with Crippen LogP contribution in [0.5, 0.6) is 5.75 Å². The first-order valence-electron chi connectivity index (χ1n) is 10.2. The summed E-state index contributed by atoms with van der Waals surface area (Å²) in [4.78, 5) is 7.04. The van der Waals surface area contributed by atoms with Crippen molar-refractivity contribution in [2.45, 2.75) is 46.3 Å². The summed E-state index contributed by atoms with van der Waals surface area (Å²) in [5.41, 5.74) is 7.27. The number of ether oxygens (including phenoxy) is 1. The maximum absolute atomic E-state index is 5.58. The number of nitrogens with zero attached hydrogens (tertiary/aromatic N) is 3. The predicted molar refractivity (Wildman–Crippen MR) is 128 cm³/mol. The van der Waals surface area contributed by atoms with Crippen LogP contribution in [0.3, 0.4) is 0 Å². The average Bonchev–Trinajstić information content (AvgIpc) is 3.21. The van der Waals surface area contributed by atoms with Crippen molar-refractivity contribution in [1.29, 1.82) is 0 Å². The van der Waals surface area contributed by atoms with Gasteiger partial charge in [0, 0.05) is 35.1 Å². The number of hydrogen-bond donors (Lipinski definition) is 1. The molecular formula is C24H30N4OS. The minimum Gasteiger partial charge on any atom is -0.496 e. The second-order valence-electron chi connectivity index (χ2n) is 7.71. The third-order valence-electron chi connectivity index (χ3n) is 4.93. The van der Waals surface area contributed by atoms with Crippen LogP contribution in [0.1, 0.15) is 38.8 Å². The Morgan fingerprint density at radius 3 is 2.50 bits per heavy atom. The van der Waals surface area contributed by atoms with Crippen LogP contribution in [0.25, 0.3) is 11.3 Å². The smallest absolute Gasteiger partial charge is 0.203 e. The summed E-state index contributed by atoms with van der Waals surface area (Å²) < 4.78 is 5.58. The van der Waals surface area contributed by atoms with E-state index in [9.17, 15) is 0 Å². The maximum atomic E-state index is 5.58. The first kappa shape index (κ1) is 22.0. The Kier molecular flexibility index (Phi) is 7.60. The minimum atomic E-state index is 0.456. The highest BCUT2D eigenvalue weighted by molar-refractivity contribution is 7.14. The Bertz CT molecular complexity index is 958. The zero-order valence-electron chi connectivity index (χ0n) is 18.3. The number of nitrogens with one attached hydrogen (secondary N) is 1. The molecule has 0 atom stereocenters. The minimum absolute atomic E-state index is 0.456. The Balaban J connectivity index is 1.70. The average molecular weight is 423 g/mol. The van der Waals surface area contributed by atoms with Crippen molar-refractivity contribution >= 4 is 22.7 Å². The van der Waals surface area contributed by atoms with Gasteiger partial charge in [0.05, 0.1) is 19.0 Å². The highest BCUT2D eigenvalue weighted by atomic mass is 32.1. The quantitative estimate of drug-likeness (QED) is 0.345. The summed E-state index contributed by atoms with van der Waals surface area (Å²) in [5, 5.41) is 7.18. The molecule has 3 rings (SSSR count). The molecule has 2 aromatic carbocycles. The van der Waals surface area contributed by atoms with E-state index < -0.39 is 0 Å². The summed E-state index contributed by atoms with van der Waals surface area (Å²) in [7, 11) is 1.72. The van der Waals surface area contributed by atoms with Crippen molar-refractivity contribution in [3.8, 4) is 17.0 Å². The Labute approximate surface area is 183 Å². The highest BCUT2D eigenvalue weighted by Crippen LogP contribution is 2.25. The summed E-state index contributed by atoms with van der Waals surface area (Å²) in [5.74, 6) is 0.902. The summed E-state index contributed by atoms with van der Waals surface area (Å²) >= 11 is 1.54. The topological polar surface area (TPSA) is 49.8 Å². The molecule has 0 radical (unpaired) electrons. The van der Waals surface area contributed by atoms with Crippen LogP contribution in [-0.4, -0.2) is 35.3 Å². The van der Waals surface area contributed by atoms with E-state index in [2.05, 4.69) is 66.3 Å². The molecule has 0 aliphatic heterocycles. The van der Waals surface area contributed by atoms with Crippen molar-refractivity contribution in [3.63, 3.8) is 0 Å². The third-order valence-corrected chi connectivity index (χ3v) is 5.68. The second kappa shape index (κ2) is 10.4. The number of hydrazone groups is 1. The molecule has 0 fully saturated rings. The van der Waals surface area contributed by atoms with E-state index in [-0.39, 0.29) is 0 Å². The van der Waals surface area contributed by atoms with Crippen molar-refractivity contribution < 1.29 is 4.74 Å². The van der Waals surface area contributed by atoms with Gasteiger partial charge in [0.15, 0.2) is 0 Å². The molecule has 0 saturated carbocycles. The van der Waals surface area contributed by atoms with Gasteiger partial charge in [0.25, 0.3) is 0 Å². The second-order valence-corrected chi connectivity index (χ2v) is 8.56. The molecule has 0 bridgehead atoms. The van der Waals surface area contributed by atoms with Gasteiger partial charge in [-0.05, 0) is 51.5 Å². The van der Waals surface area contributed by atoms with E-state index in [1.54, 1.807) is 18.4 Å². The lowest BCUT2D eigenvalue weighted by molar-refractivity contribution is 0.164. The van der Waals surface area contributed by atoms with E-state index in [4.69, 9.17) is 4.74 Å². The fourth-order valence-corrected chi connectivity index (χ4v) is 4.06. The number of aromatic nitrogens is 1. The molecule has 6 heteroatoms. The fraction of sp³-hybridized carbons (Fsp3) is 0.333. The molecule has 30 heavy (non-hydrogen) atoms. The van der Waals surface area contributed by atoms with Gasteiger partial charge in [-0.25, -0.2) is 4.98 Å². The Morgan fingerprint density at radius 2 is 1.83 bits per heavy atom. The molecule has 1 N–H and O–H groups in total. The van der Waals surface area contributed by atoms with Crippen LogP contribution in [0, 0.1) is 0 Å². The molecule has 0 saturated heterocycles. The molecule has 0 spiro atoms. The van der Waals surface area contributed by atoms with E-state index in [1.807, 2.05) is 41.9 Å². The van der Waals surface area contributed by atoms with E-state index in [0.717, 1.165) is 39.8 Å². The van der Waals surface area contributed by atoms with Crippen molar-refractivity contribution in [1.82, 2.24) is 9.88 Å². The number of thiazole rings is 1. The van der Waals surface area contributed by atoms with Gasteiger partial charge in [0.2, 0.25) is 5.13 Å². The van der Waals surface area contributed by atoms with Crippen LogP contribution in [0.2, 0.25) is 0 Å². The molecule has 0 unspecified atom stereocenters. The molecule has 0 aliphatic rings. The standard InChI is InChI=1S/C24H30N4OS/c1-17(2)28(18(3)4)15-21-13-19(11-12-23(21)29-5)14-25-27-24-26-22(16-30-24)20-9-7-6-8-10-20/h6-14,16-18H,15H2,1-5H3,(H,26,27). The third kappa shape index (κ3) is 5.68. The first-order chi connectivity index (χ1) is 14.5. The number of rotatable bonds is 9. The number of methoxy groups -OCH3 is 1. The van der Waals surface area contributed by atoms with Gasteiger partial charge in [0.1, 0.15) is 5.75 Å². The van der Waals surface area contributed by atoms with Crippen molar-refractivity contribution in [2.75, 3.05) is 12.5 Å². The number of hydrogen-bond acceptors (Lipinski definition) is 6. The van der Waals surface area contributed by atoms with Gasteiger partial charge < -0.3 is 4.74 Å². The summed E-state index contributed by atoms with van der Waals surface area (Å²) in [6.45, 7) is 9.72. The highest BCUT2D eigenvalue weighted by Gasteiger charge is 2.16. The number of anilines is 1. The molecule has 1 aromatic heterocycles. The van der Waals surface area contributed by atoms with Gasteiger partial charge >= 0.3 is 0 Å². The summed E-state index contributed by atoms with van der Waals surface area (Å²) in [6.07, 6.45) is 1.82. The monoisotopic (exact) mass is 422 g/mol. The zero-order valence-corrected chi connectivity index (χ0v) is 19.1. The van der Waals surface area contributed by atoms with Gasteiger partial charge in [-0.1, -0.05) is 30.3 Å². The molecule has 0 aliphatic carbocycles. The molecular weight excluding hydrogens is 392 g/mol. The van der Waals surface area contributed by atoms with Gasteiger partial charge in [-0.2, -0.15) is 5.10 Å². The van der Waals surface area contributed by atoms with E-state index in [1.165, 1.54) is 0 Å². The molecule has 3 aromatic rings. The Morgan fingerprint density at radius 1 is 1.10 bits per heavy atom. The molecule has 5 nitrogen and oxygen atoms in total. The Hall–Kier alpha value is -2.70. The van der Waals surface area contributed by atoms with Crippen molar-refractivity contribution in [2.24, 2.45) is 5.10 Å². The molecule has 0 amide bonds. The molecule has 1 heterocycles. The van der Waals surface area contributed by atoms with Crippen LogP contribution >= 0.6 is 11.3 Å². The van der Waals surface area contributed by atoms with Gasteiger partial charge in [-0.15, -0.1) is 11.3 Å². The largest absolute Gasteiger partial charge is 0.496 e. The first-order valence-corrected chi connectivity index (χ1v) is 11.1. The predicted octanol–water partition coefficient (Wildman–Crippen LogP) is 5.88. The lowest BCUT2D eigenvalue weighted by Gasteiger charge is -2.31. The lowest BCUT2D eigenvalue weighted by atomic mass is 10.1. The normalized spacial score (nSPS) is 11.7. The molecule has 158 valence electrons. The fourth-order valence-electron chi connectivity index (χ4n) is 3.39. The van der Waals surface area contributed by atoms with Crippen molar-refractivity contribution in [3.05, 3.63) is 65.0 Å². The zero-order chi connectivity index (χ0) is 21.5. The van der Waals surface area contributed by atoms with Crippen LogP contribution in [0.15, 0.2) is 59.0 Å².